The maximum Gasteiger partial charge on any atom is 0.320 e. The third-order valence-electron chi connectivity index (χ3n) is 10.0. The Balaban J connectivity index is 1.05. The summed E-state index contributed by atoms with van der Waals surface area (Å²) in [4.78, 5) is 42.3. The zero-order valence-electron chi connectivity index (χ0n) is 19.6. The summed E-state index contributed by atoms with van der Waals surface area (Å²) >= 11 is 0. The molecule has 4 bridgehead atoms. The van der Waals surface area contributed by atoms with Gasteiger partial charge in [0.25, 0.3) is 0 Å². The van der Waals surface area contributed by atoms with Crippen LogP contribution in [-0.4, -0.2) is 77.6 Å². The molecule has 7 fully saturated rings. The molecule has 4 unspecified atom stereocenters. The van der Waals surface area contributed by atoms with Gasteiger partial charge >= 0.3 is 6.03 Å². The molecule has 3 aliphatic heterocycles. The molecule has 4 amide bonds. The van der Waals surface area contributed by atoms with Crippen molar-refractivity contribution in [3.63, 3.8) is 0 Å². The van der Waals surface area contributed by atoms with Gasteiger partial charge < -0.3 is 25.5 Å². The summed E-state index contributed by atoms with van der Waals surface area (Å²) in [5.74, 6) is 1.48. The van der Waals surface area contributed by atoms with Crippen molar-refractivity contribution in [1.29, 1.82) is 0 Å². The van der Waals surface area contributed by atoms with Crippen molar-refractivity contribution in [2.45, 2.75) is 76.4 Å². The zero-order valence-corrected chi connectivity index (χ0v) is 19.6. The molecule has 7 rings (SSSR count). The molecule has 8 nitrogen and oxygen atoms in total. The minimum Gasteiger partial charge on any atom is -0.393 e. The quantitative estimate of drug-likeness (QED) is 0.583. The van der Waals surface area contributed by atoms with Crippen LogP contribution >= 0.6 is 0 Å². The molecule has 1 spiro atoms. The average Bonchev–Trinajstić information content (AvgIpc) is 3.16. The lowest BCUT2D eigenvalue weighted by Crippen LogP contribution is -2.61. The third kappa shape index (κ3) is 3.72. The van der Waals surface area contributed by atoms with Gasteiger partial charge in [0.2, 0.25) is 11.8 Å². The Kier molecular flexibility index (Phi) is 5.16. The van der Waals surface area contributed by atoms with E-state index in [0.717, 1.165) is 70.9 Å². The van der Waals surface area contributed by atoms with Crippen LogP contribution in [0.5, 0.6) is 0 Å². The van der Waals surface area contributed by atoms with E-state index in [0.29, 0.717) is 43.8 Å². The number of nitrogens with one attached hydrogen (secondary N) is 2. The predicted molar refractivity (Wildman–Crippen MR) is 121 cm³/mol. The summed E-state index contributed by atoms with van der Waals surface area (Å²) in [5, 5.41) is 16.8. The number of carbonyl (C=O) groups excluding carboxylic acids is 3. The van der Waals surface area contributed by atoms with Crippen molar-refractivity contribution in [3.05, 3.63) is 0 Å². The number of aliphatic hydroxyl groups is 1. The highest BCUT2D eigenvalue weighted by Gasteiger charge is 2.58. The molecule has 4 aliphatic carbocycles. The highest BCUT2D eigenvalue weighted by Crippen LogP contribution is 2.60. The molecule has 7 aliphatic rings. The number of rotatable bonds is 2. The van der Waals surface area contributed by atoms with Crippen LogP contribution in [0.15, 0.2) is 0 Å². The van der Waals surface area contributed by atoms with Crippen LogP contribution in [0.25, 0.3) is 0 Å². The van der Waals surface area contributed by atoms with E-state index in [1.807, 2.05) is 9.80 Å². The number of hydrogen-bond acceptors (Lipinski definition) is 4. The van der Waals surface area contributed by atoms with Crippen molar-refractivity contribution < 1.29 is 19.5 Å². The van der Waals surface area contributed by atoms with Crippen LogP contribution in [0.4, 0.5) is 4.79 Å². The minimum absolute atomic E-state index is 0.0147. The van der Waals surface area contributed by atoms with Crippen molar-refractivity contribution in [2.24, 2.45) is 28.6 Å². The van der Waals surface area contributed by atoms with E-state index >= 15 is 0 Å². The Morgan fingerprint density at radius 2 is 1.76 bits per heavy atom. The highest BCUT2D eigenvalue weighted by atomic mass is 16.3. The number of urea groups is 1. The summed E-state index contributed by atoms with van der Waals surface area (Å²) < 4.78 is 0. The van der Waals surface area contributed by atoms with E-state index < -0.39 is 0 Å². The summed E-state index contributed by atoms with van der Waals surface area (Å²) in [6.45, 7) is 3.48. The van der Waals surface area contributed by atoms with Crippen molar-refractivity contribution in [2.75, 3.05) is 32.7 Å². The van der Waals surface area contributed by atoms with Crippen LogP contribution in [-0.2, 0) is 9.59 Å². The van der Waals surface area contributed by atoms with Crippen molar-refractivity contribution >= 4 is 17.8 Å². The molecule has 4 saturated carbocycles. The Morgan fingerprint density at radius 1 is 1.03 bits per heavy atom. The van der Waals surface area contributed by atoms with Gasteiger partial charge in [-0.05, 0) is 81.0 Å². The topological polar surface area (TPSA) is 102 Å². The molecule has 0 aromatic rings. The number of piperidine rings is 2. The number of hydrogen-bond donors (Lipinski definition) is 3. The first-order valence-corrected chi connectivity index (χ1v) is 13.1. The maximum absolute atomic E-state index is 13.5. The fourth-order valence-electron chi connectivity index (χ4n) is 8.36. The van der Waals surface area contributed by atoms with Crippen LogP contribution in [0.2, 0.25) is 0 Å². The molecule has 0 aromatic heterocycles. The summed E-state index contributed by atoms with van der Waals surface area (Å²) in [6.07, 6.45) is 8.76. The highest BCUT2D eigenvalue weighted by molar-refractivity contribution is 5.84. The number of aliphatic hydroxyl groups excluding tert-OH is 1. The minimum atomic E-state index is -0.296. The smallest absolute Gasteiger partial charge is 0.320 e. The average molecular weight is 459 g/mol. The lowest BCUT2D eigenvalue weighted by atomic mass is 9.48. The molecular weight excluding hydrogens is 420 g/mol. The number of carbonyl (C=O) groups is 3. The van der Waals surface area contributed by atoms with Gasteiger partial charge in [-0.15, -0.1) is 0 Å². The van der Waals surface area contributed by atoms with Gasteiger partial charge in [-0.3, -0.25) is 9.59 Å². The van der Waals surface area contributed by atoms with Gasteiger partial charge in [0.05, 0.1) is 11.5 Å². The van der Waals surface area contributed by atoms with Crippen LogP contribution in [0, 0.1) is 28.6 Å². The van der Waals surface area contributed by atoms with Gasteiger partial charge in [0.1, 0.15) is 0 Å². The molecule has 0 aromatic carbocycles. The Morgan fingerprint density at radius 3 is 2.42 bits per heavy atom. The van der Waals surface area contributed by atoms with E-state index in [2.05, 4.69) is 10.6 Å². The molecule has 33 heavy (non-hydrogen) atoms. The normalized spacial score (nSPS) is 41.4. The van der Waals surface area contributed by atoms with E-state index in [-0.39, 0.29) is 40.8 Å². The Bertz CT molecular complexity index is 822. The van der Waals surface area contributed by atoms with Gasteiger partial charge in [-0.2, -0.15) is 0 Å². The number of nitrogens with zero attached hydrogens (tertiary/aromatic N) is 2. The summed E-state index contributed by atoms with van der Waals surface area (Å²) in [7, 11) is 0. The molecular formula is C25H38N4O4. The first-order valence-electron chi connectivity index (χ1n) is 13.1. The fourth-order valence-corrected chi connectivity index (χ4v) is 8.36. The number of amides is 4. The molecule has 6 atom stereocenters. The van der Waals surface area contributed by atoms with Gasteiger partial charge in [-0.1, -0.05) is 0 Å². The third-order valence-corrected chi connectivity index (χ3v) is 10.0. The van der Waals surface area contributed by atoms with Gasteiger partial charge in [0, 0.05) is 45.2 Å². The van der Waals surface area contributed by atoms with E-state index in [1.54, 1.807) is 0 Å². The van der Waals surface area contributed by atoms with Gasteiger partial charge in [-0.25, -0.2) is 4.79 Å². The molecule has 3 saturated heterocycles. The summed E-state index contributed by atoms with van der Waals surface area (Å²) in [5.41, 5.74) is -0.256. The van der Waals surface area contributed by atoms with Crippen molar-refractivity contribution in [3.8, 4) is 0 Å². The monoisotopic (exact) mass is 458 g/mol. The first-order chi connectivity index (χ1) is 15.8. The molecule has 182 valence electrons. The van der Waals surface area contributed by atoms with Crippen molar-refractivity contribution in [1.82, 2.24) is 20.4 Å². The molecule has 0 radical (unpaired) electrons. The second kappa shape index (κ2) is 7.85. The lowest BCUT2D eigenvalue weighted by Gasteiger charge is -2.58. The maximum atomic E-state index is 13.5. The second-order valence-corrected chi connectivity index (χ2v) is 12.2. The van der Waals surface area contributed by atoms with Crippen LogP contribution in [0.3, 0.4) is 0 Å². The van der Waals surface area contributed by atoms with E-state index in [4.69, 9.17) is 0 Å². The van der Waals surface area contributed by atoms with Crippen LogP contribution < -0.4 is 10.6 Å². The molecule has 3 N–H and O–H groups in total. The fraction of sp³-hybridized carbons (Fsp3) is 0.880. The summed E-state index contributed by atoms with van der Waals surface area (Å²) in [6, 6.07) is 0.0972. The largest absolute Gasteiger partial charge is 0.393 e. The predicted octanol–water partition coefficient (Wildman–Crippen LogP) is 1.48. The Hall–Kier alpha value is -1.83. The van der Waals surface area contributed by atoms with Gasteiger partial charge in [0.15, 0.2) is 0 Å². The Labute approximate surface area is 195 Å². The molecule has 8 heteroatoms. The molecule has 3 heterocycles. The zero-order chi connectivity index (χ0) is 22.8. The SMILES string of the molecule is O=C1CC2(CCN(C(=O)N3CCC[C@H](NC(=O)C45CC6CC(C4)C(O)[C@H](C6)C5)C3)CC2)CN1. The van der Waals surface area contributed by atoms with E-state index in [9.17, 15) is 19.5 Å². The number of likely N-dealkylation sites (tertiary alicyclic amines) is 2. The lowest BCUT2D eigenvalue weighted by molar-refractivity contribution is -0.164. The van der Waals surface area contributed by atoms with E-state index in [1.165, 1.54) is 0 Å². The second-order valence-electron chi connectivity index (χ2n) is 12.2. The van der Waals surface area contributed by atoms with Crippen LogP contribution in [0.1, 0.15) is 64.2 Å². The standard InChI is InChI=1S/C25H38N4O4/c30-20-13-24(15-26-20)3-6-28(7-4-24)23(33)29-5-1-2-19(14-29)27-22(32)25-10-16-8-17(11-25)21(31)18(9-16)12-25/h16-19,21,31H,1-15H2,(H,26,30)(H,27,32)/t16?,17-,18?,19+,21?,25?/m1/s1. The first kappa shape index (κ1) is 21.7.